The SMILES string of the molecule is Cc1ccc2oc(C(=O)C3CCSC3)cc2c1. The molecule has 1 saturated heterocycles. The molecule has 1 fully saturated rings. The van der Waals surface area contributed by atoms with E-state index in [2.05, 4.69) is 6.07 Å². The van der Waals surface area contributed by atoms with Crippen molar-refractivity contribution in [3.63, 3.8) is 0 Å². The molecule has 1 unspecified atom stereocenters. The van der Waals surface area contributed by atoms with Crippen molar-refractivity contribution >= 4 is 28.5 Å². The first-order valence-electron chi connectivity index (χ1n) is 5.86. The maximum atomic E-state index is 12.2. The molecule has 1 aliphatic rings. The minimum atomic E-state index is 0.154. The van der Waals surface area contributed by atoms with Gasteiger partial charge in [0, 0.05) is 17.1 Å². The van der Waals surface area contributed by atoms with Crippen LogP contribution in [0.5, 0.6) is 0 Å². The lowest BCUT2D eigenvalue weighted by atomic mass is 10.0. The molecule has 0 N–H and O–H groups in total. The van der Waals surface area contributed by atoms with Crippen LogP contribution in [0.1, 0.15) is 22.5 Å². The van der Waals surface area contributed by atoms with Crippen molar-refractivity contribution in [3.05, 3.63) is 35.6 Å². The number of carbonyl (C=O) groups is 1. The number of carbonyl (C=O) groups excluding carboxylic acids is 1. The molecule has 3 heteroatoms. The predicted molar refractivity (Wildman–Crippen MR) is 70.7 cm³/mol. The highest BCUT2D eigenvalue weighted by Gasteiger charge is 2.26. The number of hydrogen-bond donors (Lipinski definition) is 0. The quantitative estimate of drug-likeness (QED) is 0.757. The lowest BCUT2D eigenvalue weighted by molar-refractivity contribution is 0.0908. The minimum absolute atomic E-state index is 0.154. The van der Waals surface area contributed by atoms with E-state index < -0.39 is 0 Å². The highest BCUT2D eigenvalue weighted by molar-refractivity contribution is 7.99. The third kappa shape index (κ3) is 2.00. The molecule has 1 aromatic heterocycles. The molecule has 1 aliphatic heterocycles. The number of thioether (sulfide) groups is 1. The molecular formula is C14H14O2S. The van der Waals surface area contributed by atoms with Crippen LogP contribution in [-0.4, -0.2) is 17.3 Å². The molecule has 0 bridgehead atoms. The predicted octanol–water partition coefficient (Wildman–Crippen LogP) is 3.68. The van der Waals surface area contributed by atoms with Crippen LogP contribution in [0.15, 0.2) is 28.7 Å². The van der Waals surface area contributed by atoms with Gasteiger partial charge in [-0.3, -0.25) is 4.79 Å². The summed E-state index contributed by atoms with van der Waals surface area (Å²) >= 11 is 1.85. The van der Waals surface area contributed by atoms with Crippen LogP contribution in [-0.2, 0) is 0 Å². The Labute approximate surface area is 104 Å². The van der Waals surface area contributed by atoms with Gasteiger partial charge in [0.25, 0.3) is 0 Å². The number of Topliss-reactive ketones (excluding diaryl/α,β-unsaturated/α-hetero) is 1. The Balaban J connectivity index is 1.97. The topological polar surface area (TPSA) is 30.2 Å². The number of aryl methyl sites for hydroxylation is 1. The van der Waals surface area contributed by atoms with Crippen LogP contribution in [0.2, 0.25) is 0 Å². The molecule has 0 amide bonds. The van der Waals surface area contributed by atoms with Gasteiger partial charge in [-0.1, -0.05) is 11.6 Å². The Kier molecular flexibility index (Phi) is 2.71. The van der Waals surface area contributed by atoms with Crippen LogP contribution >= 0.6 is 11.8 Å². The molecule has 2 heterocycles. The summed E-state index contributed by atoms with van der Waals surface area (Å²) in [6.45, 7) is 2.04. The van der Waals surface area contributed by atoms with E-state index in [1.807, 2.05) is 36.9 Å². The van der Waals surface area contributed by atoms with Gasteiger partial charge in [0.2, 0.25) is 5.78 Å². The average Bonchev–Trinajstić information content (AvgIpc) is 2.96. The van der Waals surface area contributed by atoms with Crippen LogP contribution in [0.4, 0.5) is 0 Å². The largest absolute Gasteiger partial charge is 0.453 e. The number of rotatable bonds is 2. The summed E-state index contributed by atoms with van der Waals surface area (Å²) in [4.78, 5) is 12.2. The standard InChI is InChI=1S/C14H14O2S/c1-9-2-3-12-11(6-9)7-13(16-12)14(15)10-4-5-17-8-10/h2-3,6-7,10H,4-5,8H2,1H3. The van der Waals surface area contributed by atoms with Crippen molar-refractivity contribution in [2.75, 3.05) is 11.5 Å². The maximum Gasteiger partial charge on any atom is 0.201 e. The van der Waals surface area contributed by atoms with Gasteiger partial charge in [-0.15, -0.1) is 0 Å². The Morgan fingerprint density at radius 1 is 1.41 bits per heavy atom. The molecular weight excluding hydrogens is 232 g/mol. The normalized spacial score (nSPS) is 19.9. The first-order chi connectivity index (χ1) is 8.24. The molecule has 2 aromatic rings. The van der Waals surface area contributed by atoms with Gasteiger partial charge in [-0.2, -0.15) is 11.8 Å². The van der Waals surface area contributed by atoms with Gasteiger partial charge in [0.05, 0.1) is 0 Å². The summed E-state index contributed by atoms with van der Waals surface area (Å²) in [7, 11) is 0. The van der Waals surface area contributed by atoms with Crippen molar-refractivity contribution in [1.82, 2.24) is 0 Å². The number of fused-ring (bicyclic) bond motifs is 1. The monoisotopic (exact) mass is 246 g/mol. The summed E-state index contributed by atoms with van der Waals surface area (Å²) in [5, 5.41) is 1.03. The third-order valence-electron chi connectivity index (χ3n) is 3.22. The summed E-state index contributed by atoms with van der Waals surface area (Å²) in [5.41, 5.74) is 2.00. The summed E-state index contributed by atoms with van der Waals surface area (Å²) in [5.74, 6) is 2.88. The lowest BCUT2D eigenvalue weighted by Gasteiger charge is -2.02. The Morgan fingerprint density at radius 3 is 3.06 bits per heavy atom. The van der Waals surface area contributed by atoms with Gasteiger partial charge in [-0.05, 0) is 37.3 Å². The molecule has 0 saturated carbocycles. The van der Waals surface area contributed by atoms with Gasteiger partial charge < -0.3 is 4.42 Å². The van der Waals surface area contributed by atoms with Gasteiger partial charge >= 0.3 is 0 Å². The first-order valence-corrected chi connectivity index (χ1v) is 7.01. The maximum absolute atomic E-state index is 12.2. The van der Waals surface area contributed by atoms with E-state index in [0.29, 0.717) is 5.76 Å². The summed E-state index contributed by atoms with van der Waals surface area (Å²) < 4.78 is 5.64. The van der Waals surface area contributed by atoms with E-state index in [4.69, 9.17) is 4.42 Å². The van der Waals surface area contributed by atoms with Crippen molar-refractivity contribution in [1.29, 1.82) is 0 Å². The molecule has 3 rings (SSSR count). The van der Waals surface area contributed by atoms with Crippen molar-refractivity contribution in [2.24, 2.45) is 5.92 Å². The number of hydrogen-bond acceptors (Lipinski definition) is 3. The fraction of sp³-hybridized carbons (Fsp3) is 0.357. The fourth-order valence-corrected chi connectivity index (χ4v) is 3.45. The highest BCUT2D eigenvalue weighted by Crippen LogP contribution is 2.29. The van der Waals surface area contributed by atoms with Gasteiger partial charge in [0.1, 0.15) is 5.58 Å². The van der Waals surface area contributed by atoms with Crippen LogP contribution in [0, 0.1) is 12.8 Å². The Hall–Kier alpha value is -1.22. The number of furan rings is 1. The molecule has 17 heavy (non-hydrogen) atoms. The highest BCUT2D eigenvalue weighted by atomic mass is 32.2. The second kappa shape index (κ2) is 4.22. The Morgan fingerprint density at radius 2 is 2.29 bits per heavy atom. The minimum Gasteiger partial charge on any atom is -0.453 e. The third-order valence-corrected chi connectivity index (χ3v) is 4.38. The van der Waals surface area contributed by atoms with Crippen LogP contribution in [0.25, 0.3) is 11.0 Å². The molecule has 2 nitrogen and oxygen atoms in total. The fourth-order valence-electron chi connectivity index (χ4n) is 2.23. The molecule has 0 spiro atoms. The second-order valence-electron chi connectivity index (χ2n) is 4.58. The molecule has 1 aromatic carbocycles. The number of ketones is 1. The van der Waals surface area contributed by atoms with E-state index in [1.54, 1.807) is 0 Å². The smallest absolute Gasteiger partial charge is 0.201 e. The van der Waals surface area contributed by atoms with E-state index in [9.17, 15) is 4.79 Å². The second-order valence-corrected chi connectivity index (χ2v) is 5.73. The average molecular weight is 246 g/mol. The Bertz CT molecular complexity index is 565. The molecule has 88 valence electrons. The molecule has 1 atom stereocenters. The molecule has 0 radical (unpaired) electrons. The lowest BCUT2D eigenvalue weighted by Crippen LogP contribution is -2.12. The van der Waals surface area contributed by atoms with Crippen molar-refractivity contribution < 1.29 is 9.21 Å². The van der Waals surface area contributed by atoms with Crippen molar-refractivity contribution in [3.8, 4) is 0 Å². The van der Waals surface area contributed by atoms with Crippen LogP contribution < -0.4 is 0 Å². The van der Waals surface area contributed by atoms with Crippen LogP contribution in [0.3, 0.4) is 0 Å². The summed E-state index contributed by atoms with van der Waals surface area (Å²) in [6, 6.07) is 7.88. The van der Waals surface area contributed by atoms with Gasteiger partial charge in [0.15, 0.2) is 5.76 Å². The van der Waals surface area contributed by atoms with E-state index in [0.717, 1.165) is 28.9 Å². The van der Waals surface area contributed by atoms with E-state index in [-0.39, 0.29) is 11.7 Å². The summed E-state index contributed by atoms with van der Waals surface area (Å²) in [6.07, 6.45) is 0.986. The van der Waals surface area contributed by atoms with E-state index >= 15 is 0 Å². The first kappa shape index (κ1) is 10.9. The van der Waals surface area contributed by atoms with Crippen molar-refractivity contribution in [2.45, 2.75) is 13.3 Å². The number of benzene rings is 1. The van der Waals surface area contributed by atoms with Gasteiger partial charge in [-0.25, -0.2) is 0 Å². The van der Waals surface area contributed by atoms with E-state index in [1.165, 1.54) is 5.56 Å². The zero-order valence-electron chi connectivity index (χ0n) is 9.73. The zero-order chi connectivity index (χ0) is 11.8. The zero-order valence-corrected chi connectivity index (χ0v) is 10.5. The molecule has 0 aliphatic carbocycles.